The van der Waals surface area contributed by atoms with Gasteiger partial charge in [0.25, 0.3) is 0 Å². The third kappa shape index (κ3) is 6.75. The number of rotatable bonds is 10. The first-order valence-corrected chi connectivity index (χ1v) is 9.06. The summed E-state index contributed by atoms with van der Waals surface area (Å²) in [5.41, 5.74) is 2.84. The zero-order chi connectivity index (χ0) is 19.5. The first-order valence-electron chi connectivity index (χ1n) is 8.24. The highest BCUT2D eigenvalue weighted by molar-refractivity contribution is 7.14. The van der Waals surface area contributed by atoms with Crippen LogP contribution in [0.2, 0.25) is 0 Å². The van der Waals surface area contributed by atoms with Crippen LogP contribution in [0.15, 0.2) is 34.0 Å². The van der Waals surface area contributed by atoms with Crippen molar-refractivity contribution in [2.45, 2.75) is 33.2 Å². The lowest BCUT2D eigenvalue weighted by atomic mass is 10.1. The maximum absolute atomic E-state index is 11.5. The number of aliphatic imine (C=N–C) groups is 2. The van der Waals surface area contributed by atoms with Crippen molar-refractivity contribution in [1.29, 1.82) is 5.26 Å². The zero-order valence-electron chi connectivity index (χ0n) is 15.7. The summed E-state index contributed by atoms with van der Waals surface area (Å²) in [6.45, 7) is 8.22. The van der Waals surface area contributed by atoms with E-state index in [0.29, 0.717) is 23.5 Å². The topological polar surface area (TPSA) is 80.8 Å². The molecule has 7 heteroatoms. The van der Waals surface area contributed by atoms with Gasteiger partial charge in [0.2, 0.25) is 0 Å². The first kappa shape index (κ1) is 21.5. The lowest BCUT2D eigenvalue weighted by Crippen LogP contribution is -2.12. The van der Waals surface area contributed by atoms with Crippen LogP contribution >= 0.6 is 11.3 Å². The Hall–Kier alpha value is -2.56. The molecule has 1 rings (SSSR count). The first-order chi connectivity index (χ1) is 12.4. The molecule has 0 unspecified atom stereocenters. The molecule has 26 heavy (non-hydrogen) atoms. The molecule has 1 aromatic rings. The molecule has 0 aliphatic carbocycles. The van der Waals surface area contributed by atoms with Crippen molar-refractivity contribution in [2.24, 2.45) is 9.98 Å². The van der Waals surface area contributed by atoms with Crippen LogP contribution < -0.4 is 5.32 Å². The summed E-state index contributed by atoms with van der Waals surface area (Å²) in [6.07, 6.45) is 7.61. The van der Waals surface area contributed by atoms with E-state index >= 15 is 0 Å². The van der Waals surface area contributed by atoms with Gasteiger partial charge in [-0.3, -0.25) is 9.79 Å². The van der Waals surface area contributed by atoms with E-state index in [-0.39, 0.29) is 5.70 Å². The Morgan fingerprint density at radius 2 is 2.19 bits per heavy atom. The minimum absolute atomic E-state index is 0.159. The highest BCUT2D eigenvalue weighted by atomic mass is 32.1. The Labute approximate surface area is 159 Å². The molecule has 1 N–H and O–H groups in total. The molecule has 0 aliphatic rings. The van der Waals surface area contributed by atoms with Crippen LogP contribution in [0.3, 0.4) is 0 Å². The molecule has 0 atom stereocenters. The Kier molecular flexibility index (Phi) is 9.20. The summed E-state index contributed by atoms with van der Waals surface area (Å²) in [6, 6.07) is 1.88. The van der Waals surface area contributed by atoms with Gasteiger partial charge in [0.1, 0.15) is 11.8 Å². The molecule has 0 aliphatic heterocycles. The molecule has 0 aromatic carbocycles. The van der Waals surface area contributed by atoms with Gasteiger partial charge in [-0.05, 0) is 27.4 Å². The molecule has 138 valence electrons. The number of nitriles is 1. The van der Waals surface area contributed by atoms with Crippen molar-refractivity contribution in [2.75, 3.05) is 14.1 Å². The minimum Gasteiger partial charge on any atom is -0.350 e. The molecule has 6 nitrogen and oxygen atoms in total. The molecule has 0 saturated carbocycles. The average Bonchev–Trinajstić information content (AvgIpc) is 2.91. The summed E-state index contributed by atoms with van der Waals surface area (Å²) in [7, 11) is 3.93. The quantitative estimate of drug-likeness (QED) is 0.293. The van der Waals surface area contributed by atoms with Gasteiger partial charge in [0.05, 0.1) is 16.9 Å². The summed E-state index contributed by atoms with van der Waals surface area (Å²) in [5.74, 6) is 0. The van der Waals surface area contributed by atoms with Gasteiger partial charge < -0.3 is 10.2 Å². The van der Waals surface area contributed by atoms with E-state index in [9.17, 15) is 4.79 Å². The van der Waals surface area contributed by atoms with Crippen LogP contribution in [0, 0.1) is 11.3 Å². The summed E-state index contributed by atoms with van der Waals surface area (Å²) in [4.78, 5) is 23.6. The number of hydrogen-bond donors (Lipinski definition) is 1. The molecule has 1 heterocycles. The number of thiophene rings is 1. The number of carbonyl (C=O) groups excluding carboxylic acids is 1. The van der Waals surface area contributed by atoms with Gasteiger partial charge in [-0.2, -0.15) is 5.26 Å². The van der Waals surface area contributed by atoms with Crippen molar-refractivity contribution >= 4 is 35.9 Å². The molecule has 0 saturated heterocycles. The smallest absolute Gasteiger partial charge is 0.162 e. The largest absolute Gasteiger partial charge is 0.350 e. The van der Waals surface area contributed by atoms with E-state index in [2.05, 4.69) is 34.9 Å². The van der Waals surface area contributed by atoms with Gasteiger partial charge in [0, 0.05) is 35.3 Å². The fourth-order valence-corrected chi connectivity index (χ4v) is 3.25. The SMILES string of the molecule is C=C(C#N)N=CCc1sc(C=O)c(N=CN/C(C)=C/CC)c1CN(C)C. The lowest BCUT2D eigenvalue weighted by Gasteiger charge is -2.11. The maximum atomic E-state index is 11.5. The van der Waals surface area contributed by atoms with E-state index in [1.165, 1.54) is 11.3 Å². The molecule has 0 amide bonds. The molecule has 0 radical (unpaired) electrons. The predicted octanol–water partition coefficient (Wildman–Crippen LogP) is 3.84. The van der Waals surface area contributed by atoms with Crippen LogP contribution in [-0.4, -0.2) is 37.8 Å². The fraction of sp³-hybridized carbons (Fsp3) is 0.368. The van der Waals surface area contributed by atoms with Crippen molar-refractivity contribution in [3.8, 4) is 6.07 Å². The van der Waals surface area contributed by atoms with E-state index in [1.807, 2.05) is 32.0 Å². The number of aldehydes is 1. The number of nitrogens with zero attached hydrogens (tertiary/aromatic N) is 4. The van der Waals surface area contributed by atoms with Crippen molar-refractivity contribution in [3.05, 3.63) is 39.4 Å². The molecular formula is C19H25N5OS. The molecule has 0 bridgehead atoms. The second kappa shape index (κ2) is 11.1. The van der Waals surface area contributed by atoms with Crippen molar-refractivity contribution in [1.82, 2.24) is 10.2 Å². The zero-order valence-corrected chi connectivity index (χ0v) is 16.6. The Balaban J connectivity index is 3.17. The normalized spacial score (nSPS) is 12.1. The lowest BCUT2D eigenvalue weighted by molar-refractivity contribution is 0.112. The molecule has 1 aromatic heterocycles. The van der Waals surface area contributed by atoms with E-state index in [0.717, 1.165) is 28.8 Å². The van der Waals surface area contributed by atoms with Gasteiger partial charge in [-0.15, -0.1) is 11.3 Å². The third-order valence-electron chi connectivity index (χ3n) is 3.32. The highest BCUT2D eigenvalue weighted by Gasteiger charge is 2.17. The number of nitrogens with one attached hydrogen (secondary N) is 1. The Morgan fingerprint density at radius 3 is 2.77 bits per heavy atom. The van der Waals surface area contributed by atoms with Crippen molar-refractivity contribution in [3.63, 3.8) is 0 Å². The summed E-state index contributed by atoms with van der Waals surface area (Å²) in [5, 5.41) is 11.8. The molecule has 0 spiro atoms. The van der Waals surface area contributed by atoms with E-state index < -0.39 is 0 Å². The van der Waals surface area contributed by atoms with Gasteiger partial charge in [0.15, 0.2) is 6.29 Å². The minimum atomic E-state index is 0.159. The van der Waals surface area contributed by atoms with Crippen LogP contribution in [-0.2, 0) is 13.0 Å². The van der Waals surface area contributed by atoms with Crippen LogP contribution in [0.1, 0.15) is 40.4 Å². The van der Waals surface area contributed by atoms with Crippen LogP contribution in [0.5, 0.6) is 0 Å². The van der Waals surface area contributed by atoms with Gasteiger partial charge in [-0.25, -0.2) is 4.99 Å². The van der Waals surface area contributed by atoms with Crippen LogP contribution in [0.4, 0.5) is 5.69 Å². The highest BCUT2D eigenvalue weighted by Crippen LogP contribution is 2.35. The number of hydrogen-bond acceptors (Lipinski definition) is 6. The molecule has 0 fully saturated rings. The molecular weight excluding hydrogens is 346 g/mol. The Morgan fingerprint density at radius 1 is 1.46 bits per heavy atom. The number of allylic oxidation sites excluding steroid dienone is 3. The van der Waals surface area contributed by atoms with Gasteiger partial charge >= 0.3 is 0 Å². The van der Waals surface area contributed by atoms with E-state index in [1.54, 1.807) is 12.6 Å². The average molecular weight is 372 g/mol. The van der Waals surface area contributed by atoms with Crippen molar-refractivity contribution < 1.29 is 4.79 Å². The maximum Gasteiger partial charge on any atom is 0.162 e. The summed E-state index contributed by atoms with van der Waals surface area (Å²) < 4.78 is 0. The standard InChI is InChI=1S/C19H25N5OS/c1-6-7-14(2)22-13-23-19-16(11-24(4)5)17(26-18(19)12-25)8-9-21-15(3)10-20/h7,9,12-13H,3,6,8,11H2,1-2,4-5H3,(H,22,23)/b14-7+,21-9?. The summed E-state index contributed by atoms with van der Waals surface area (Å²) >= 11 is 1.40. The monoisotopic (exact) mass is 371 g/mol. The van der Waals surface area contributed by atoms with Gasteiger partial charge in [-0.1, -0.05) is 19.6 Å². The fourth-order valence-electron chi connectivity index (χ4n) is 2.22. The van der Waals surface area contributed by atoms with Crippen LogP contribution in [0.25, 0.3) is 0 Å². The third-order valence-corrected chi connectivity index (χ3v) is 4.49. The number of carbonyl (C=O) groups is 1. The second-order valence-corrected chi connectivity index (χ2v) is 6.98. The Bertz CT molecular complexity index is 766. The predicted molar refractivity (Wildman–Crippen MR) is 109 cm³/mol. The second-order valence-electron chi connectivity index (χ2n) is 5.84. The van der Waals surface area contributed by atoms with E-state index in [4.69, 9.17) is 5.26 Å².